The van der Waals surface area contributed by atoms with E-state index in [1.54, 1.807) is 0 Å². The zero-order valence-corrected chi connectivity index (χ0v) is 10.6. The van der Waals surface area contributed by atoms with E-state index in [2.05, 4.69) is 14.7 Å². The normalized spacial score (nSPS) is 19.1. The molecular weight excluding hydrogens is 265 g/mol. The monoisotopic (exact) mass is 280 g/mol. The molecule has 0 spiro atoms. The van der Waals surface area contributed by atoms with Crippen molar-refractivity contribution in [3.05, 3.63) is 5.82 Å². The van der Waals surface area contributed by atoms with Crippen LogP contribution >= 0.6 is 11.5 Å². The van der Waals surface area contributed by atoms with Gasteiger partial charge >= 0.3 is 6.18 Å². The lowest BCUT2D eigenvalue weighted by Crippen LogP contribution is -2.34. The summed E-state index contributed by atoms with van der Waals surface area (Å²) in [6, 6.07) is 0. The maximum absolute atomic E-state index is 12.3. The summed E-state index contributed by atoms with van der Waals surface area (Å²) in [4.78, 5) is 3.44. The van der Waals surface area contributed by atoms with E-state index < -0.39 is 12.0 Å². The molecule has 102 valence electrons. The van der Waals surface area contributed by atoms with Crippen molar-refractivity contribution in [1.82, 2.24) is 9.36 Å². The molecule has 1 heterocycles. The Balaban J connectivity index is 1.96. The average Bonchev–Trinajstić information content (AvgIpc) is 2.96. The summed E-state index contributed by atoms with van der Waals surface area (Å²) in [7, 11) is 0. The molecule has 0 radical (unpaired) electrons. The first-order valence-corrected chi connectivity index (χ1v) is 6.57. The van der Waals surface area contributed by atoms with Crippen molar-refractivity contribution >= 4 is 16.7 Å². The minimum Gasteiger partial charge on any atom is -0.360 e. The maximum atomic E-state index is 12.3. The fraction of sp³-hybridized carbons (Fsp3) is 0.800. The molecule has 0 amide bonds. The molecule has 1 aromatic heterocycles. The van der Waals surface area contributed by atoms with E-state index in [4.69, 9.17) is 5.73 Å². The molecule has 8 heteroatoms. The standard InChI is InChI=1S/C10H15F3N4S/c11-10(12,13)7-16-8(18-17-7)15-6-9(5-14)3-1-2-4-9/h1-6,14H2,(H,15,16,17). The number of nitrogens with one attached hydrogen (secondary N) is 1. The summed E-state index contributed by atoms with van der Waals surface area (Å²) in [5.41, 5.74) is 5.76. The molecule has 18 heavy (non-hydrogen) atoms. The Morgan fingerprint density at radius 2 is 2.00 bits per heavy atom. The summed E-state index contributed by atoms with van der Waals surface area (Å²) in [6.45, 7) is 1.11. The fourth-order valence-corrected chi connectivity index (χ4v) is 2.83. The quantitative estimate of drug-likeness (QED) is 0.889. The Hall–Kier alpha value is -0.890. The largest absolute Gasteiger partial charge is 0.452 e. The highest BCUT2D eigenvalue weighted by Gasteiger charge is 2.37. The van der Waals surface area contributed by atoms with Gasteiger partial charge in [0.25, 0.3) is 0 Å². The summed E-state index contributed by atoms with van der Waals surface area (Å²) >= 11 is 0.736. The third-order valence-corrected chi connectivity index (χ3v) is 4.06. The Morgan fingerprint density at radius 1 is 1.33 bits per heavy atom. The number of hydrogen-bond donors (Lipinski definition) is 2. The molecule has 0 aliphatic heterocycles. The van der Waals surface area contributed by atoms with Gasteiger partial charge in [-0.25, -0.2) is 0 Å². The van der Waals surface area contributed by atoms with Crippen LogP contribution in [0.15, 0.2) is 0 Å². The zero-order valence-electron chi connectivity index (χ0n) is 9.76. The van der Waals surface area contributed by atoms with Gasteiger partial charge < -0.3 is 11.1 Å². The van der Waals surface area contributed by atoms with Crippen LogP contribution in [0.3, 0.4) is 0 Å². The highest BCUT2D eigenvalue weighted by Crippen LogP contribution is 2.37. The van der Waals surface area contributed by atoms with Crippen molar-refractivity contribution in [2.45, 2.75) is 31.9 Å². The van der Waals surface area contributed by atoms with Gasteiger partial charge in [-0.3, -0.25) is 0 Å². The molecule has 4 nitrogen and oxygen atoms in total. The van der Waals surface area contributed by atoms with Crippen LogP contribution in [0.25, 0.3) is 0 Å². The van der Waals surface area contributed by atoms with E-state index in [1.165, 1.54) is 0 Å². The minimum absolute atomic E-state index is 0.00403. The van der Waals surface area contributed by atoms with Crippen molar-refractivity contribution in [3.63, 3.8) is 0 Å². The summed E-state index contributed by atoms with van der Waals surface area (Å²) in [5.74, 6) is -1.08. The third-order valence-electron chi connectivity index (χ3n) is 3.39. The second kappa shape index (κ2) is 5.00. The number of rotatable bonds is 4. The van der Waals surface area contributed by atoms with Gasteiger partial charge in [-0.05, 0) is 24.8 Å². The van der Waals surface area contributed by atoms with E-state index in [0.29, 0.717) is 13.1 Å². The van der Waals surface area contributed by atoms with Crippen molar-refractivity contribution in [2.24, 2.45) is 11.1 Å². The second-order valence-corrected chi connectivity index (χ2v) is 5.44. The highest BCUT2D eigenvalue weighted by molar-refractivity contribution is 7.09. The lowest BCUT2D eigenvalue weighted by Gasteiger charge is -2.26. The molecule has 0 atom stereocenters. The van der Waals surface area contributed by atoms with Crippen molar-refractivity contribution in [1.29, 1.82) is 0 Å². The SMILES string of the molecule is NCC1(CNc2nc(C(F)(F)F)ns2)CCCC1. The Morgan fingerprint density at radius 3 is 2.50 bits per heavy atom. The van der Waals surface area contributed by atoms with Crippen LogP contribution in [0, 0.1) is 5.41 Å². The van der Waals surface area contributed by atoms with Crippen LogP contribution in [0.4, 0.5) is 18.3 Å². The molecule has 3 N–H and O–H groups in total. The van der Waals surface area contributed by atoms with Crippen LogP contribution in [0.2, 0.25) is 0 Å². The molecule has 1 fully saturated rings. The smallest absolute Gasteiger partial charge is 0.360 e. The van der Waals surface area contributed by atoms with Gasteiger partial charge in [0.15, 0.2) is 0 Å². The Labute approximate surface area is 107 Å². The first kappa shape index (κ1) is 13.5. The van der Waals surface area contributed by atoms with Gasteiger partial charge in [0.2, 0.25) is 11.0 Å². The molecule has 0 aromatic carbocycles. The van der Waals surface area contributed by atoms with Crippen LogP contribution in [0.5, 0.6) is 0 Å². The van der Waals surface area contributed by atoms with Crippen molar-refractivity contribution < 1.29 is 13.2 Å². The number of aromatic nitrogens is 2. The van der Waals surface area contributed by atoms with Gasteiger partial charge in [0.05, 0.1) is 0 Å². The topological polar surface area (TPSA) is 63.8 Å². The number of nitrogens with two attached hydrogens (primary N) is 1. The van der Waals surface area contributed by atoms with Gasteiger partial charge in [0, 0.05) is 18.1 Å². The number of hydrogen-bond acceptors (Lipinski definition) is 5. The number of halogens is 3. The first-order chi connectivity index (χ1) is 8.45. The predicted octanol–water partition coefficient (Wildman–Crippen LogP) is 2.49. The van der Waals surface area contributed by atoms with Crippen LogP contribution in [-0.4, -0.2) is 22.4 Å². The molecular formula is C10H15F3N4S. The van der Waals surface area contributed by atoms with Gasteiger partial charge in [0.1, 0.15) is 0 Å². The van der Waals surface area contributed by atoms with Gasteiger partial charge in [-0.15, -0.1) is 0 Å². The molecule has 1 saturated carbocycles. The lowest BCUT2D eigenvalue weighted by molar-refractivity contribution is -0.144. The Bertz CT molecular complexity index is 398. The number of nitrogens with zero attached hydrogens (tertiary/aromatic N) is 2. The average molecular weight is 280 g/mol. The van der Waals surface area contributed by atoms with E-state index >= 15 is 0 Å². The molecule has 1 aliphatic carbocycles. The highest BCUT2D eigenvalue weighted by atomic mass is 32.1. The van der Waals surface area contributed by atoms with E-state index in [-0.39, 0.29) is 10.5 Å². The zero-order chi connectivity index (χ0) is 13.2. The van der Waals surface area contributed by atoms with Gasteiger partial charge in [-0.2, -0.15) is 22.5 Å². The molecule has 0 bridgehead atoms. The molecule has 2 rings (SSSR count). The fourth-order valence-electron chi connectivity index (χ4n) is 2.25. The third kappa shape index (κ3) is 2.92. The van der Waals surface area contributed by atoms with Crippen LogP contribution in [0.1, 0.15) is 31.5 Å². The summed E-state index contributed by atoms with van der Waals surface area (Å²) in [5, 5.41) is 3.15. The van der Waals surface area contributed by atoms with Crippen LogP contribution < -0.4 is 11.1 Å². The first-order valence-electron chi connectivity index (χ1n) is 5.80. The summed E-state index contributed by atoms with van der Waals surface area (Å²) in [6.07, 6.45) is -0.191. The number of alkyl halides is 3. The van der Waals surface area contributed by atoms with Gasteiger partial charge in [-0.1, -0.05) is 12.8 Å². The predicted molar refractivity (Wildman–Crippen MR) is 63.4 cm³/mol. The van der Waals surface area contributed by atoms with Crippen LogP contribution in [-0.2, 0) is 6.18 Å². The number of anilines is 1. The second-order valence-electron chi connectivity index (χ2n) is 4.69. The Kier molecular flexibility index (Phi) is 3.76. The van der Waals surface area contributed by atoms with E-state index in [9.17, 15) is 13.2 Å². The lowest BCUT2D eigenvalue weighted by atomic mass is 9.86. The van der Waals surface area contributed by atoms with Crippen molar-refractivity contribution in [2.75, 3.05) is 18.4 Å². The molecule has 1 aromatic rings. The molecule has 0 saturated heterocycles. The molecule has 1 aliphatic rings. The minimum atomic E-state index is -4.48. The summed E-state index contributed by atoms with van der Waals surface area (Å²) < 4.78 is 40.2. The van der Waals surface area contributed by atoms with E-state index in [0.717, 1.165) is 37.2 Å². The maximum Gasteiger partial charge on any atom is 0.452 e. The van der Waals surface area contributed by atoms with Crippen molar-refractivity contribution in [3.8, 4) is 0 Å². The molecule has 0 unspecified atom stereocenters. The van der Waals surface area contributed by atoms with E-state index in [1.807, 2.05) is 0 Å².